The SMILES string of the molecule is C=C(C)CNS(=O)(=O)c1ccc(C#N)nc1. The summed E-state index contributed by atoms with van der Waals surface area (Å²) >= 11 is 0. The maximum absolute atomic E-state index is 11.7. The molecule has 16 heavy (non-hydrogen) atoms. The van der Waals surface area contributed by atoms with E-state index in [1.807, 2.05) is 6.07 Å². The van der Waals surface area contributed by atoms with Crippen LogP contribution in [0.4, 0.5) is 0 Å². The molecule has 0 aliphatic carbocycles. The van der Waals surface area contributed by atoms with E-state index in [4.69, 9.17) is 5.26 Å². The molecule has 84 valence electrons. The number of rotatable bonds is 4. The second-order valence-electron chi connectivity index (χ2n) is 3.27. The van der Waals surface area contributed by atoms with Crippen LogP contribution < -0.4 is 4.72 Å². The van der Waals surface area contributed by atoms with E-state index in [1.165, 1.54) is 12.1 Å². The fourth-order valence-electron chi connectivity index (χ4n) is 0.907. The molecule has 5 nitrogen and oxygen atoms in total. The summed E-state index contributed by atoms with van der Waals surface area (Å²) in [5, 5.41) is 8.52. The maximum atomic E-state index is 11.7. The molecule has 1 rings (SSSR count). The molecule has 0 fully saturated rings. The zero-order chi connectivity index (χ0) is 12.2. The third-order valence-electron chi connectivity index (χ3n) is 1.73. The summed E-state index contributed by atoms with van der Waals surface area (Å²) in [6, 6.07) is 4.51. The Labute approximate surface area is 94.5 Å². The Morgan fingerprint density at radius 3 is 2.75 bits per heavy atom. The molecule has 6 heteroatoms. The van der Waals surface area contributed by atoms with Gasteiger partial charge in [0.25, 0.3) is 0 Å². The minimum Gasteiger partial charge on any atom is -0.244 e. The molecule has 0 unspecified atom stereocenters. The molecule has 0 spiro atoms. The van der Waals surface area contributed by atoms with Crippen LogP contribution in [-0.4, -0.2) is 19.9 Å². The molecule has 0 bridgehead atoms. The van der Waals surface area contributed by atoms with E-state index in [-0.39, 0.29) is 17.1 Å². The van der Waals surface area contributed by atoms with E-state index in [0.717, 1.165) is 6.20 Å². The zero-order valence-electron chi connectivity index (χ0n) is 8.77. The van der Waals surface area contributed by atoms with Crippen molar-refractivity contribution in [2.45, 2.75) is 11.8 Å². The van der Waals surface area contributed by atoms with Crippen LogP contribution in [0.3, 0.4) is 0 Å². The highest BCUT2D eigenvalue weighted by Crippen LogP contribution is 2.07. The first-order valence-electron chi connectivity index (χ1n) is 4.46. The maximum Gasteiger partial charge on any atom is 0.242 e. The molecule has 0 saturated carbocycles. The molecule has 0 saturated heterocycles. The summed E-state index contributed by atoms with van der Waals surface area (Å²) < 4.78 is 25.7. The number of aromatic nitrogens is 1. The minimum atomic E-state index is -3.56. The van der Waals surface area contributed by atoms with E-state index < -0.39 is 10.0 Å². The van der Waals surface area contributed by atoms with Gasteiger partial charge in [0.15, 0.2) is 0 Å². The second kappa shape index (κ2) is 4.88. The van der Waals surface area contributed by atoms with Gasteiger partial charge in [0.1, 0.15) is 16.7 Å². The number of nitrogens with one attached hydrogen (secondary N) is 1. The molecule has 0 aromatic carbocycles. The molecular formula is C10H11N3O2S. The lowest BCUT2D eigenvalue weighted by molar-refractivity contribution is 0.584. The summed E-state index contributed by atoms with van der Waals surface area (Å²) in [4.78, 5) is 3.72. The quantitative estimate of drug-likeness (QED) is 0.785. The Morgan fingerprint density at radius 1 is 1.62 bits per heavy atom. The van der Waals surface area contributed by atoms with Gasteiger partial charge in [-0.1, -0.05) is 12.2 Å². The van der Waals surface area contributed by atoms with Crippen molar-refractivity contribution < 1.29 is 8.42 Å². The monoisotopic (exact) mass is 237 g/mol. The number of hydrogen-bond acceptors (Lipinski definition) is 4. The third-order valence-corrected chi connectivity index (χ3v) is 3.11. The van der Waals surface area contributed by atoms with Crippen LogP contribution in [-0.2, 0) is 10.0 Å². The first-order valence-corrected chi connectivity index (χ1v) is 5.94. The van der Waals surface area contributed by atoms with Crippen LogP contribution in [0.15, 0.2) is 35.4 Å². The molecule has 0 aliphatic heterocycles. The van der Waals surface area contributed by atoms with Crippen molar-refractivity contribution in [2.24, 2.45) is 0 Å². The standard InChI is InChI=1S/C10H11N3O2S/c1-8(2)6-13-16(14,15)10-4-3-9(5-11)12-7-10/h3-4,7,13H,1,6H2,2H3. The summed E-state index contributed by atoms with van der Waals surface area (Å²) in [6.07, 6.45) is 1.15. The van der Waals surface area contributed by atoms with Crippen LogP contribution >= 0.6 is 0 Å². The zero-order valence-corrected chi connectivity index (χ0v) is 9.58. The van der Waals surface area contributed by atoms with Gasteiger partial charge in [0, 0.05) is 12.7 Å². The summed E-state index contributed by atoms with van der Waals surface area (Å²) in [5.74, 6) is 0. The van der Waals surface area contributed by atoms with Crippen molar-refractivity contribution in [1.82, 2.24) is 9.71 Å². The van der Waals surface area contributed by atoms with Crippen LogP contribution in [0.5, 0.6) is 0 Å². The van der Waals surface area contributed by atoms with Crippen LogP contribution in [0, 0.1) is 11.3 Å². The third kappa shape index (κ3) is 3.15. The van der Waals surface area contributed by atoms with Crippen molar-refractivity contribution in [3.8, 4) is 6.07 Å². The van der Waals surface area contributed by atoms with Crippen molar-refractivity contribution in [1.29, 1.82) is 5.26 Å². The largest absolute Gasteiger partial charge is 0.244 e. The fourth-order valence-corrected chi connectivity index (χ4v) is 1.95. The first-order chi connectivity index (χ1) is 7.45. The van der Waals surface area contributed by atoms with Crippen molar-refractivity contribution >= 4 is 10.0 Å². The first kappa shape index (κ1) is 12.4. The molecule has 0 aliphatic rings. The van der Waals surface area contributed by atoms with Gasteiger partial charge in [-0.15, -0.1) is 0 Å². The van der Waals surface area contributed by atoms with Gasteiger partial charge in [-0.2, -0.15) is 5.26 Å². The molecule has 0 radical (unpaired) electrons. The lowest BCUT2D eigenvalue weighted by Crippen LogP contribution is -2.25. The van der Waals surface area contributed by atoms with Gasteiger partial charge < -0.3 is 0 Å². The van der Waals surface area contributed by atoms with Crippen LogP contribution in [0.25, 0.3) is 0 Å². The number of nitriles is 1. The summed E-state index contributed by atoms with van der Waals surface area (Å²) in [5.41, 5.74) is 0.893. The fraction of sp³-hybridized carbons (Fsp3) is 0.200. The second-order valence-corrected chi connectivity index (χ2v) is 5.04. The average molecular weight is 237 g/mol. The Bertz CT molecular complexity index is 526. The van der Waals surface area contributed by atoms with Crippen LogP contribution in [0.2, 0.25) is 0 Å². The predicted octanol–water partition coefficient (Wildman–Crippen LogP) is 0.808. The van der Waals surface area contributed by atoms with Gasteiger partial charge in [-0.25, -0.2) is 18.1 Å². The number of hydrogen-bond donors (Lipinski definition) is 1. The summed E-state index contributed by atoms with van der Waals surface area (Å²) in [6.45, 7) is 5.50. The van der Waals surface area contributed by atoms with E-state index in [9.17, 15) is 8.42 Å². The molecule has 1 heterocycles. The van der Waals surface area contributed by atoms with Gasteiger partial charge in [-0.05, 0) is 19.1 Å². The highest BCUT2D eigenvalue weighted by molar-refractivity contribution is 7.89. The molecular weight excluding hydrogens is 226 g/mol. The summed E-state index contributed by atoms with van der Waals surface area (Å²) in [7, 11) is -3.56. The van der Waals surface area contributed by atoms with Gasteiger partial charge >= 0.3 is 0 Å². The van der Waals surface area contributed by atoms with Crippen molar-refractivity contribution in [2.75, 3.05) is 6.54 Å². The average Bonchev–Trinajstić information content (AvgIpc) is 2.27. The van der Waals surface area contributed by atoms with Gasteiger partial charge in [-0.3, -0.25) is 0 Å². The Balaban J connectivity index is 2.91. The van der Waals surface area contributed by atoms with Crippen LogP contribution in [0.1, 0.15) is 12.6 Å². The molecule has 0 atom stereocenters. The minimum absolute atomic E-state index is 0.0350. The Kier molecular flexibility index (Phi) is 3.77. The van der Waals surface area contributed by atoms with Crippen molar-refractivity contribution in [3.63, 3.8) is 0 Å². The van der Waals surface area contributed by atoms with Crippen molar-refractivity contribution in [3.05, 3.63) is 36.2 Å². The van der Waals surface area contributed by atoms with E-state index in [2.05, 4.69) is 16.3 Å². The van der Waals surface area contributed by atoms with Gasteiger partial charge in [0.05, 0.1) is 0 Å². The Hall–Kier alpha value is -1.71. The molecule has 1 N–H and O–H groups in total. The smallest absolute Gasteiger partial charge is 0.242 e. The van der Waals surface area contributed by atoms with E-state index in [0.29, 0.717) is 5.57 Å². The molecule has 1 aromatic heterocycles. The van der Waals surface area contributed by atoms with Gasteiger partial charge in [0.2, 0.25) is 10.0 Å². The number of sulfonamides is 1. The normalized spacial score (nSPS) is 10.8. The lowest BCUT2D eigenvalue weighted by Gasteiger charge is -2.05. The highest BCUT2D eigenvalue weighted by Gasteiger charge is 2.13. The number of nitrogens with zero attached hydrogens (tertiary/aromatic N) is 2. The predicted molar refractivity (Wildman–Crippen MR) is 59.0 cm³/mol. The molecule has 0 amide bonds. The lowest BCUT2D eigenvalue weighted by atomic mass is 10.4. The van der Waals surface area contributed by atoms with E-state index >= 15 is 0 Å². The Morgan fingerprint density at radius 2 is 2.31 bits per heavy atom. The topological polar surface area (TPSA) is 82.9 Å². The van der Waals surface area contributed by atoms with E-state index in [1.54, 1.807) is 6.92 Å². The number of pyridine rings is 1. The highest BCUT2D eigenvalue weighted by atomic mass is 32.2. The molecule has 1 aromatic rings.